The first-order valence-electron chi connectivity index (χ1n) is 7.29. The molecule has 0 aliphatic heterocycles. The topological polar surface area (TPSA) is 88.8 Å². The Balaban J connectivity index is 2.01. The number of imide groups is 1. The van der Waals surface area contributed by atoms with Crippen LogP contribution >= 0.6 is 11.6 Å². The zero-order chi connectivity index (χ0) is 16.7. The van der Waals surface area contributed by atoms with Crippen molar-refractivity contribution in [2.24, 2.45) is 5.73 Å². The molecule has 5 N–H and O–H groups in total. The van der Waals surface area contributed by atoms with E-state index >= 15 is 0 Å². The summed E-state index contributed by atoms with van der Waals surface area (Å²) in [5.74, 6) is -0.417. The number of quaternary nitrogens is 1. The molecular weight excluding hydrogens is 314 g/mol. The number of carbonyl (C=O) groups is 2. The number of nitrogens with two attached hydrogens (primary N) is 2. The Morgan fingerprint density at radius 3 is 2.35 bits per heavy atom. The van der Waals surface area contributed by atoms with Crippen LogP contribution in [0.4, 0.5) is 4.79 Å². The van der Waals surface area contributed by atoms with Gasteiger partial charge >= 0.3 is 6.03 Å². The number of carbonyl (C=O) groups excluding carboxylic acids is 2. The van der Waals surface area contributed by atoms with Crippen molar-refractivity contribution in [1.29, 1.82) is 0 Å². The average Bonchev–Trinajstić information content (AvgIpc) is 2.53. The fourth-order valence-electron chi connectivity index (χ4n) is 2.32. The Bertz CT molecular complexity index is 659. The second-order valence-electron chi connectivity index (χ2n) is 5.14. The summed E-state index contributed by atoms with van der Waals surface area (Å²) in [6.45, 7) is 0.688. The predicted octanol–water partition coefficient (Wildman–Crippen LogP) is 1.38. The highest BCUT2D eigenvalue weighted by Gasteiger charge is 2.24. The molecular formula is C17H19ClN3O2+. The Hall–Kier alpha value is -2.37. The molecule has 0 unspecified atom stereocenters. The van der Waals surface area contributed by atoms with Crippen LogP contribution in [0.2, 0.25) is 5.02 Å². The fourth-order valence-corrected chi connectivity index (χ4v) is 2.45. The van der Waals surface area contributed by atoms with Crippen molar-refractivity contribution in [2.75, 3.05) is 6.54 Å². The Morgan fingerprint density at radius 1 is 1.09 bits per heavy atom. The smallest absolute Gasteiger partial charge is 0.319 e. The van der Waals surface area contributed by atoms with Gasteiger partial charge in [-0.3, -0.25) is 10.1 Å². The van der Waals surface area contributed by atoms with Gasteiger partial charge in [-0.2, -0.15) is 0 Å². The van der Waals surface area contributed by atoms with E-state index in [4.69, 9.17) is 17.3 Å². The fraction of sp³-hybridized carbons (Fsp3) is 0.176. The zero-order valence-electron chi connectivity index (χ0n) is 12.5. The van der Waals surface area contributed by atoms with Gasteiger partial charge in [0.2, 0.25) is 0 Å². The molecule has 0 bridgehead atoms. The van der Waals surface area contributed by atoms with E-state index in [1.807, 2.05) is 59.9 Å². The lowest BCUT2D eigenvalue weighted by Crippen LogP contribution is -2.88. The van der Waals surface area contributed by atoms with Crippen molar-refractivity contribution in [3.63, 3.8) is 0 Å². The summed E-state index contributed by atoms with van der Waals surface area (Å²) >= 11 is 5.86. The Kier molecular flexibility index (Phi) is 6.14. The maximum atomic E-state index is 12.2. The minimum Gasteiger partial charge on any atom is -0.351 e. The molecule has 2 aromatic carbocycles. The highest BCUT2D eigenvalue weighted by Crippen LogP contribution is 2.10. The van der Waals surface area contributed by atoms with Gasteiger partial charge in [-0.15, -0.1) is 0 Å². The summed E-state index contributed by atoms with van der Waals surface area (Å²) in [5.41, 5.74) is 7.00. The van der Waals surface area contributed by atoms with Gasteiger partial charge in [0.25, 0.3) is 5.91 Å². The lowest BCUT2D eigenvalue weighted by molar-refractivity contribution is -0.682. The van der Waals surface area contributed by atoms with Crippen LogP contribution in [-0.4, -0.2) is 18.5 Å². The third-order valence-electron chi connectivity index (χ3n) is 3.44. The number of amides is 3. The van der Waals surface area contributed by atoms with Crippen LogP contribution in [0, 0.1) is 0 Å². The van der Waals surface area contributed by atoms with Gasteiger partial charge in [0.15, 0.2) is 6.04 Å². The number of hydrogen-bond acceptors (Lipinski definition) is 2. The minimum atomic E-state index is -0.845. The first-order chi connectivity index (χ1) is 11.1. The van der Waals surface area contributed by atoms with Gasteiger partial charge in [0, 0.05) is 17.0 Å². The van der Waals surface area contributed by atoms with Gasteiger partial charge in [-0.1, -0.05) is 54.1 Å². The second kappa shape index (κ2) is 8.31. The van der Waals surface area contributed by atoms with Crippen molar-refractivity contribution in [1.82, 2.24) is 5.32 Å². The molecule has 0 spiro atoms. The quantitative estimate of drug-likeness (QED) is 0.746. The predicted molar refractivity (Wildman–Crippen MR) is 88.9 cm³/mol. The van der Waals surface area contributed by atoms with Crippen LogP contribution in [0.5, 0.6) is 0 Å². The number of primary amides is 1. The van der Waals surface area contributed by atoms with Crippen molar-refractivity contribution in [3.05, 3.63) is 70.7 Å². The van der Waals surface area contributed by atoms with Crippen LogP contribution < -0.4 is 16.4 Å². The molecule has 0 radical (unpaired) electrons. The van der Waals surface area contributed by atoms with E-state index < -0.39 is 18.0 Å². The third kappa shape index (κ3) is 5.39. The first-order valence-corrected chi connectivity index (χ1v) is 7.67. The van der Waals surface area contributed by atoms with Gasteiger partial charge < -0.3 is 11.1 Å². The molecule has 0 saturated heterocycles. The number of halogens is 1. The SMILES string of the molecule is NC(=O)NC(=O)[C@@H]([NH2+]CCc1ccc(Cl)cc1)c1ccccc1. The summed E-state index contributed by atoms with van der Waals surface area (Å²) in [4.78, 5) is 23.1. The van der Waals surface area contributed by atoms with Crippen molar-refractivity contribution < 1.29 is 14.9 Å². The van der Waals surface area contributed by atoms with Crippen molar-refractivity contribution >= 4 is 23.5 Å². The molecule has 2 aromatic rings. The summed E-state index contributed by atoms with van der Waals surface area (Å²) in [6, 6.07) is 15.5. The first kappa shape index (κ1) is 17.0. The van der Waals surface area contributed by atoms with Crippen LogP contribution in [0.3, 0.4) is 0 Å². The summed E-state index contributed by atoms with van der Waals surface area (Å²) < 4.78 is 0. The molecule has 0 saturated carbocycles. The monoisotopic (exact) mass is 332 g/mol. The van der Waals surface area contributed by atoms with Crippen LogP contribution in [0.25, 0.3) is 0 Å². The van der Waals surface area contributed by atoms with E-state index in [9.17, 15) is 9.59 Å². The zero-order valence-corrected chi connectivity index (χ0v) is 13.3. The number of hydrogen-bond donors (Lipinski definition) is 3. The Morgan fingerprint density at radius 2 is 1.74 bits per heavy atom. The third-order valence-corrected chi connectivity index (χ3v) is 3.69. The lowest BCUT2D eigenvalue weighted by atomic mass is 10.1. The summed E-state index contributed by atoms with van der Waals surface area (Å²) in [6.07, 6.45) is 0.782. The lowest BCUT2D eigenvalue weighted by Gasteiger charge is -2.14. The van der Waals surface area contributed by atoms with Gasteiger partial charge in [0.05, 0.1) is 6.54 Å². The molecule has 1 atom stereocenters. The number of rotatable bonds is 6. The van der Waals surface area contributed by atoms with Gasteiger partial charge in [-0.25, -0.2) is 4.79 Å². The van der Waals surface area contributed by atoms with Crippen LogP contribution in [0.1, 0.15) is 17.2 Å². The maximum Gasteiger partial charge on any atom is 0.319 e. The molecule has 3 amide bonds. The average molecular weight is 333 g/mol. The second-order valence-corrected chi connectivity index (χ2v) is 5.58. The molecule has 0 aliphatic rings. The normalized spacial score (nSPS) is 11.7. The van der Waals surface area contributed by atoms with E-state index in [1.165, 1.54) is 0 Å². The molecule has 120 valence electrons. The summed E-state index contributed by atoms with van der Waals surface area (Å²) in [5, 5.41) is 4.73. The largest absolute Gasteiger partial charge is 0.351 e. The van der Waals surface area contributed by atoms with E-state index in [0.717, 1.165) is 17.5 Å². The van der Waals surface area contributed by atoms with Gasteiger partial charge in [0.1, 0.15) is 0 Å². The van der Waals surface area contributed by atoms with Crippen molar-refractivity contribution in [3.8, 4) is 0 Å². The minimum absolute atomic E-state index is 0.417. The molecule has 0 aliphatic carbocycles. The molecule has 0 heterocycles. The maximum absolute atomic E-state index is 12.2. The molecule has 2 rings (SSSR count). The molecule has 6 heteroatoms. The standard InChI is InChI=1S/C17H18ClN3O2/c18-14-8-6-12(7-9-14)10-11-20-15(16(22)21-17(19)23)13-4-2-1-3-5-13/h1-9,15,20H,10-11H2,(H3,19,21,22,23)/p+1/t15-/m0/s1. The Labute approximate surface area is 139 Å². The molecule has 23 heavy (non-hydrogen) atoms. The van der Waals surface area contributed by atoms with E-state index in [1.54, 1.807) is 0 Å². The van der Waals surface area contributed by atoms with E-state index in [-0.39, 0.29) is 0 Å². The van der Waals surface area contributed by atoms with Crippen LogP contribution in [-0.2, 0) is 11.2 Å². The molecule has 5 nitrogen and oxygen atoms in total. The highest BCUT2D eigenvalue weighted by molar-refractivity contribution is 6.30. The summed E-state index contributed by atoms with van der Waals surface area (Å²) in [7, 11) is 0. The van der Waals surface area contributed by atoms with Gasteiger partial charge in [-0.05, 0) is 17.7 Å². The molecule has 0 aromatic heterocycles. The number of benzene rings is 2. The van der Waals surface area contributed by atoms with Crippen LogP contribution in [0.15, 0.2) is 54.6 Å². The van der Waals surface area contributed by atoms with Crippen molar-refractivity contribution in [2.45, 2.75) is 12.5 Å². The number of nitrogens with one attached hydrogen (secondary N) is 1. The van der Waals surface area contributed by atoms with E-state index in [2.05, 4.69) is 5.32 Å². The van der Waals surface area contributed by atoms with E-state index in [0.29, 0.717) is 11.6 Å². The molecule has 0 fully saturated rings. The number of urea groups is 1. The highest BCUT2D eigenvalue weighted by atomic mass is 35.5.